The summed E-state index contributed by atoms with van der Waals surface area (Å²) >= 11 is 0. The van der Waals surface area contributed by atoms with Crippen molar-refractivity contribution in [1.82, 2.24) is 0 Å². The maximum absolute atomic E-state index is 11.4. The van der Waals surface area contributed by atoms with Crippen molar-refractivity contribution < 1.29 is 8.42 Å². The molecular weight excluding hydrogens is 210 g/mol. The zero-order chi connectivity index (χ0) is 10.9. The molecule has 3 nitrogen and oxygen atoms in total. The molecule has 0 saturated carbocycles. The van der Waals surface area contributed by atoms with Crippen LogP contribution < -0.4 is 5.32 Å². The van der Waals surface area contributed by atoms with Gasteiger partial charge in [-0.05, 0) is 23.6 Å². The quantitative estimate of drug-likeness (QED) is 0.849. The molecule has 0 spiro atoms. The van der Waals surface area contributed by atoms with E-state index in [9.17, 15) is 8.42 Å². The van der Waals surface area contributed by atoms with E-state index in [1.54, 1.807) is 6.92 Å². The van der Waals surface area contributed by atoms with Crippen LogP contribution in [0.1, 0.15) is 18.1 Å². The summed E-state index contributed by atoms with van der Waals surface area (Å²) in [5.74, 6) is 0.357. The standard InChI is InChI=1S/C11H15NO2S/c1-2-15(13,14)8-9-3-4-10-5-6-12-11(10)7-9/h3-4,7,12H,2,5-6,8H2,1H3. The highest BCUT2D eigenvalue weighted by molar-refractivity contribution is 7.90. The first-order valence-corrected chi connectivity index (χ1v) is 6.99. The molecule has 82 valence electrons. The summed E-state index contributed by atoms with van der Waals surface area (Å²) in [6.07, 6.45) is 1.04. The Hall–Kier alpha value is -1.03. The highest BCUT2D eigenvalue weighted by Gasteiger charge is 2.13. The molecule has 1 N–H and O–H groups in total. The van der Waals surface area contributed by atoms with Crippen LogP contribution in [-0.4, -0.2) is 20.7 Å². The highest BCUT2D eigenvalue weighted by Crippen LogP contribution is 2.24. The minimum Gasteiger partial charge on any atom is -0.384 e. The Morgan fingerprint density at radius 2 is 2.20 bits per heavy atom. The van der Waals surface area contributed by atoms with Gasteiger partial charge in [0.15, 0.2) is 9.84 Å². The highest BCUT2D eigenvalue weighted by atomic mass is 32.2. The molecule has 0 unspecified atom stereocenters. The maximum Gasteiger partial charge on any atom is 0.154 e. The van der Waals surface area contributed by atoms with Gasteiger partial charge in [0.1, 0.15) is 0 Å². The van der Waals surface area contributed by atoms with Gasteiger partial charge >= 0.3 is 0 Å². The second-order valence-electron chi connectivity index (χ2n) is 3.84. The van der Waals surface area contributed by atoms with Crippen molar-refractivity contribution in [1.29, 1.82) is 0 Å². The lowest BCUT2D eigenvalue weighted by Gasteiger charge is -2.05. The number of anilines is 1. The van der Waals surface area contributed by atoms with Crippen LogP contribution in [0.25, 0.3) is 0 Å². The summed E-state index contributed by atoms with van der Waals surface area (Å²) in [5, 5.41) is 3.25. The van der Waals surface area contributed by atoms with Gasteiger partial charge in [-0.3, -0.25) is 0 Å². The van der Waals surface area contributed by atoms with Crippen molar-refractivity contribution in [2.75, 3.05) is 17.6 Å². The van der Waals surface area contributed by atoms with Gasteiger partial charge in [0.25, 0.3) is 0 Å². The molecule has 1 heterocycles. The van der Waals surface area contributed by atoms with Gasteiger partial charge in [-0.1, -0.05) is 19.1 Å². The molecule has 0 atom stereocenters. The first-order valence-electron chi connectivity index (χ1n) is 5.17. The third-order valence-electron chi connectivity index (χ3n) is 2.71. The number of rotatable bonds is 3. The molecule has 1 aliphatic heterocycles. The molecule has 0 saturated heterocycles. The third kappa shape index (κ3) is 2.31. The van der Waals surface area contributed by atoms with Crippen molar-refractivity contribution in [2.24, 2.45) is 0 Å². The van der Waals surface area contributed by atoms with Crippen molar-refractivity contribution in [3.05, 3.63) is 29.3 Å². The Morgan fingerprint density at radius 1 is 1.40 bits per heavy atom. The minimum atomic E-state index is -2.92. The van der Waals surface area contributed by atoms with E-state index in [4.69, 9.17) is 0 Å². The molecule has 4 heteroatoms. The SMILES string of the molecule is CCS(=O)(=O)Cc1ccc2c(c1)NCC2. The molecule has 0 fully saturated rings. The monoisotopic (exact) mass is 225 g/mol. The Balaban J connectivity index is 2.24. The minimum absolute atomic E-state index is 0.151. The summed E-state index contributed by atoms with van der Waals surface area (Å²) in [5.41, 5.74) is 3.26. The van der Waals surface area contributed by atoms with Crippen LogP contribution in [0.4, 0.5) is 5.69 Å². The normalized spacial score (nSPS) is 14.7. The molecule has 0 bridgehead atoms. The van der Waals surface area contributed by atoms with Crippen molar-refractivity contribution in [3.8, 4) is 0 Å². The number of hydrogen-bond acceptors (Lipinski definition) is 3. The Morgan fingerprint density at radius 3 is 2.93 bits per heavy atom. The van der Waals surface area contributed by atoms with Crippen LogP contribution in [-0.2, 0) is 22.0 Å². The average Bonchev–Trinajstić information content (AvgIpc) is 2.64. The summed E-state index contributed by atoms with van der Waals surface area (Å²) in [6, 6.07) is 5.89. The fourth-order valence-corrected chi connectivity index (χ4v) is 2.68. The Kier molecular flexibility index (Phi) is 2.69. The van der Waals surface area contributed by atoms with Crippen LogP contribution in [0, 0.1) is 0 Å². The summed E-state index contributed by atoms with van der Waals surface area (Å²) < 4.78 is 22.9. The first kappa shape index (κ1) is 10.5. The maximum atomic E-state index is 11.4. The van der Waals surface area contributed by atoms with E-state index in [1.165, 1.54) is 5.56 Å². The van der Waals surface area contributed by atoms with Crippen LogP contribution in [0.15, 0.2) is 18.2 Å². The van der Waals surface area contributed by atoms with E-state index in [-0.39, 0.29) is 11.5 Å². The van der Waals surface area contributed by atoms with Crippen LogP contribution in [0.5, 0.6) is 0 Å². The molecule has 0 radical (unpaired) electrons. The lowest BCUT2D eigenvalue weighted by molar-refractivity contribution is 0.596. The molecule has 0 aliphatic carbocycles. The largest absolute Gasteiger partial charge is 0.384 e. The number of hydrogen-bond donors (Lipinski definition) is 1. The van der Waals surface area contributed by atoms with Crippen molar-refractivity contribution in [2.45, 2.75) is 19.1 Å². The predicted molar refractivity (Wildman–Crippen MR) is 61.8 cm³/mol. The van der Waals surface area contributed by atoms with Crippen LogP contribution in [0.3, 0.4) is 0 Å². The zero-order valence-electron chi connectivity index (χ0n) is 8.79. The molecule has 15 heavy (non-hydrogen) atoms. The van der Waals surface area contributed by atoms with Gasteiger partial charge in [0.05, 0.1) is 5.75 Å². The molecule has 2 rings (SSSR count). The third-order valence-corrected chi connectivity index (χ3v) is 4.36. The number of nitrogens with one attached hydrogen (secondary N) is 1. The van der Waals surface area contributed by atoms with E-state index in [1.807, 2.05) is 18.2 Å². The predicted octanol–water partition coefficient (Wildman–Crippen LogP) is 1.59. The van der Waals surface area contributed by atoms with Gasteiger partial charge < -0.3 is 5.32 Å². The lowest BCUT2D eigenvalue weighted by atomic mass is 10.1. The second-order valence-corrected chi connectivity index (χ2v) is 6.20. The first-order chi connectivity index (χ1) is 7.11. The van der Waals surface area contributed by atoms with Gasteiger partial charge in [0.2, 0.25) is 0 Å². The van der Waals surface area contributed by atoms with E-state index in [2.05, 4.69) is 5.32 Å². The molecule has 1 aromatic carbocycles. The Bertz CT molecular complexity index is 465. The van der Waals surface area contributed by atoms with E-state index in [0.717, 1.165) is 24.2 Å². The van der Waals surface area contributed by atoms with Crippen LogP contribution in [0.2, 0.25) is 0 Å². The van der Waals surface area contributed by atoms with Gasteiger partial charge in [-0.25, -0.2) is 8.42 Å². The molecule has 0 aromatic heterocycles. The fraction of sp³-hybridized carbons (Fsp3) is 0.455. The molecule has 1 aromatic rings. The number of sulfone groups is 1. The van der Waals surface area contributed by atoms with E-state index in [0.29, 0.717) is 0 Å². The van der Waals surface area contributed by atoms with Crippen molar-refractivity contribution >= 4 is 15.5 Å². The van der Waals surface area contributed by atoms with Crippen molar-refractivity contribution in [3.63, 3.8) is 0 Å². The summed E-state index contributed by atoms with van der Waals surface area (Å²) in [7, 11) is -2.92. The fourth-order valence-electron chi connectivity index (χ4n) is 1.78. The van der Waals surface area contributed by atoms with Gasteiger partial charge in [-0.2, -0.15) is 0 Å². The van der Waals surface area contributed by atoms with E-state index < -0.39 is 9.84 Å². The summed E-state index contributed by atoms with van der Waals surface area (Å²) in [6.45, 7) is 2.64. The second kappa shape index (κ2) is 3.85. The molecule has 0 amide bonds. The smallest absolute Gasteiger partial charge is 0.154 e. The Labute approximate surface area is 90.4 Å². The van der Waals surface area contributed by atoms with Crippen LogP contribution >= 0.6 is 0 Å². The zero-order valence-corrected chi connectivity index (χ0v) is 9.60. The summed E-state index contributed by atoms with van der Waals surface area (Å²) in [4.78, 5) is 0. The van der Waals surface area contributed by atoms with Gasteiger partial charge in [-0.15, -0.1) is 0 Å². The number of fused-ring (bicyclic) bond motifs is 1. The van der Waals surface area contributed by atoms with Gasteiger partial charge in [0, 0.05) is 18.0 Å². The average molecular weight is 225 g/mol. The number of benzene rings is 1. The topological polar surface area (TPSA) is 46.2 Å². The van der Waals surface area contributed by atoms with E-state index >= 15 is 0 Å². The molecule has 1 aliphatic rings. The molecular formula is C11H15NO2S. The lowest BCUT2D eigenvalue weighted by Crippen LogP contribution is -2.06.